The molecule has 4 unspecified atom stereocenters. The monoisotopic (exact) mass is 258 g/mol. The smallest absolute Gasteiger partial charge is 0.245 e. The van der Waals surface area contributed by atoms with Crippen molar-refractivity contribution in [2.45, 2.75) is 38.8 Å². The summed E-state index contributed by atoms with van der Waals surface area (Å²) >= 11 is 0. The van der Waals surface area contributed by atoms with Gasteiger partial charge in [0.2, 0.25) is 5.91 Å². The highest BCUT2D eigenvalue weighted by atomic mass is 16.2. The van der Waals surface area contributed by atoms with Crippen LogP contribution in [0, 0.1) is 11.8 Å². The summed E-state index contributed by atoms with van der Waals surface area (Å²) in [5.41, 5.74) is 1.08. The zero-order valence-electron chi connectivity index (χ0n) is 11.7. The molecule has 102 valence electrons. The third-order valence-electron chi connectivity index (χ3n) is 4.95. The van der Waals surface area contributed by atoms with Crippen molar-refractivity contribution in [1.82, 2.24) is 10.2 Å². The lowest BCUT2D eigenvalue weighted by Gasteiger charge is -2.28. The van der Waals surface area contributed by atoms with Crippen molar-refractivity contribution < 1.29 is 4.79 Å². The van der Waals surface area contributed by atoms with Crippen molar-refractivity contribution >= 4 is 5.91 Å². The van der Waals surface area contributed by atoms with E-state index in [1.165, 1.54) is 6.42 Å². The maximum Gasteiger partial charge on any atom is 0.245 e. The fraction of sp³-hybridized carbons (Fsp3) is 0.562. The van der Waals surface area contributed by atoms with Crippen LogP contribution < -0.4 is 5.32 Å². The second-order valence-corrected chi connectivity index (χ2v) is 6.00. The summed E-state index contributed by atoms with van der Waals surface area (Å²) in [5, 5.41) is 3.36. The van der Waals surface area contributed by atoms with Gasteiger partial charge in [0, 0.05) is 6.04 Å². The Hall–Kier alpha value is -1.35. The highest BCUT2D eigenvalue weighted by Gasteiger charge is 2.41. The number of rotatable bonds is 2. The minimum atomic E-state index is -0.149. The molecule has 2 fully saturated rings. The molecule has 1 N–H and O–H groups in total. The lowest BCUT2D eigenvalue weighted by Crippen LogP contribution is -2.39. The van der Waals surface area contributed by atoms with Gasteiger partial charge in [0.05, 0.1) is 6.67 Å². The molecule has 1 amide bonds. The van der Waals surface area contributed by atoms with E-state index in [0.717, 1.165) is 17.9 Å². The SMILES string of the molecule is CC1CCC(N2CNC(c3ccccc3)C2=O)C1C. The first-order valence-electron chi connectivity index (χ1n) is 7.27. The van der Waals surface area contributed by atoms with E-state index < -0.39 is 0 Å². The molecule has 3 heteroatoms. The maximum atomic E-state index is 12.6. The van der Waals surface area contributed by atoms with E-state index in [-0.39, 0.29) is 11.9 Å². The van der Waals surface area contributed by atoms with E-state index in [2.05, 4.69) is 24.1 Å². The average Bonchev–Trinajstić information content (AvgIpc) is 2.96. The molecule has 3 rings (SSSR count). The Morgan fingerprint density at radius 2 is 1.89 bits per heavy atom. The minimum absolute atomic E-state index is 0.149. The van der Waals surface area contributed by atoms with Crippen molar-refractivity contribution in [2.75, 3.05) is 6.67 Å². The van der Waals surface area contributed by atoms with Gasteiger partial charge in [-0.25, -0.2) is 0 Å². The Kier molecular flexibility index (Phi) is 3.31. The van der Waals surface area contributed by atoms with Crippen LogP contribution in [-0.4, -0.2) is 23.5 Å². The molecule has 0 aromatic heterocycles. The first-order valence-corrected chi connectivity index (χ1v) is 7.27. The number of hydrogen-bond acceptors (Lipinski definition) is 2. The first-order chi connectivity index (χ1) is 9.18. The number of amides is 1. The minimum Gasteiger partial charge on any atom is -0.325 e. The molecule has 2 aliphatic rings. The molecule has 0 bridgehead atoms. The lowest BCUT2D eigenvalue weighted by atomic mass is 9.96. The van der Waals surface area contributed by atoms with Crippen LogP contribution in [0.15, 0.2) is 30.3 Å². The largest absolute Gasteiger partial charge is 0.325 e. The Morgan fingerprint density at radius 3 is 2.53 bits per heavy atom. The average molecular weight is 258 g/mol. The van der Waals surface area contributed by atoms with Crippen molar-refractivity contribution in [3.05, 3.63) is 35.9 Å². The Labute approximate surface area is 115 Å². The van der Waals surface area contributed by atoms with Gasteiger partial charge in [-0.2, -0.15) is 0 Å². The van der Waals surface area contributed by atoms with Crippen LogP contribution in [0.5, 0.6) is 0 Å². The fourth-order valence-electron chi connectivity index (χ4n) is 3.49. The summed E-state index contributed by atoms with van der Waals surface area (Å²) < 4.78 is 0. The van der Waals surface area contributed by atoms with E-state index in [1.54, 1.807) is 0 Å². The van der Waals surface area contributed by atoms with E-state index in [1.807, 2.05) is 30.3 Å². The molecule has 0 spiro atoms. The summed E-state index contributed by atoms with van der Waals surface area (Å²) in [6.07, 6.45) is 2.39. The van der Waals surface area contributed by atoms with Crippen LogP contribution in [0.25, 0.3) is 0 Å². The first kappa shape index (κ1) is 12.7. The molecule has 1 aromatic carbocycles. The van der Waals surface area contributed by atoms with Gasteiger partial charge in [-0.05, 0) is 30.2 Å². The summed E-state index contributed by atoms with van der Waals surface area (Å²) in [6.45, 7) is 5.28. The van der Waals surface area contributed by atoms with E-state index in [4.69, 9.17) is 0 Å². The topological polar surface area (TPSA) is 32.3 Å². The molecule has 1 aromatic rings. The number of nitrogens with one attached hydrogen (secondary N) is 1. The highest BCUT2D eigenvalue weighted by molar-refractivity contribution is 5.85. The number of carbonyl (C=O) groups excluding carboxylic acids is 1. The van der Waals surface area contributed by atoms with E-state index >= 15 is 0 Å². The second-order valence-electron chi connectivity index (χ2n) is 6.00. The molecule has 1 aliphatic heterocycles. The molecule has 1 saturated carbocycles. The molecule has 1 aliphatic carbocycles. The molecular formula is C16H22N2O. The third kappa shape index (κ3) is 2.16. The standard InChI is InChI=1S/C16H22N2O/c1-11-8-9-14(12(11)2)18-10-17-15(16(18)19)13-6-4-3-5-7-13/h3-7,11-12,14-15,17H,8-10H2,1-2H3. The van der Waals surface area contributed by atoms with E-state index in [9.17, 15) is 4.79 Å². The Morgan fingerprint density at radius 1 is 1.16 bits per heavy atom. The molecule has 1 saturated heterocycles. The van der Waals surface area contributed by atoms with Gasteiger partial charge in [0.15, 0.2) is 0 Å². The second kappa shape index (κ2) is 4.97. The van der Waals surface area contributed by atoms with Crippen LogP contribution in [-0.2, 0) is 4.79 Å². The van der Waals surface area contributed by atoms with Gasteiger partial charge >= 0.3 is 0 Å². The summed E-state index contributed by atoms with van der Waals surface area (Å²) in [6, 6.07) is 10.3. The molecule has 0 radical (unpaired) electrons. The van der Waals surface area contributed by atoms with Gasteiger partial charge < -0.3 is 4.90 Å². The quantitative estimate of drug-likeness (QED) is 0.884. The summed E-state index contributed by atoms with van der Waals surface area (Å²) in [4.78, 5) is 14.7. The number of nitrogens with zero attached hydrogens (tertiary/aromatic N) is 1. The van der Waals surface area contributed by atoms with Crippen LogP contribution in [0.4, 0.5) is 0 Å². The molecule has 4 atom stereocenters. The molecule has 1 heterocycles. The van der Waals surface area contributed by atoms with Gasteiger partial charge in [-0.3, -0.25) is 10.1 Å². The third-order valence-corrected chi connectivity index (χ3v) is 4.95. The van der Waals surface area contributed by atoms with Crippen LogP contribution in [0.2, 0.25) is 0 Å². The zero-order valence-corrected chi connectivity index (χ0v) is 11.7. The number of hydrogen-bond donors (Lipinski definition) is 1. The number of carbonyl (C=O) groups is 1. The predicted octanol–water partition coefficient (Wildman–Crippen LogP) is 2.55. The predicted molar refractivity (Wildman–Crippen MR) is 75.4 cm³/mol. The summed E-state index contributed by atoms with van der Waals surface area (Å²) in [5.74, 6) is 1.59. The van der Waals surface area contributed by atoms with Crippen molar-refractivity contribution in [2.24, 2.45) is 11.8 Å². The van der Waals surface area contributed by atoms with Gasteiger partial charge in [-0.15, -0.1) is 0 Å². The van der Waals surface area contributed by atoms with Gasteiger partial charge in [0.25, 0.3) is 0 Å². The normalized spacial score (nSPS) is 35.1. The van der Waals surface area contributed by atoms with Crippen LogP contribution >= 0.6 is 0 Å². The van der Waals surface area contributed by atoms with Crippen molar-refractivity contribution in [3.63, 3.8) is 0 Å². The van der Waals surface area contributed by atoms with Crippen molar-refractivity contribution in [3.8, 4) is 0 Å². The van der Waals surface area contributed by atoms with Crippen molar-refractivity contribution in [1.29, 1.82) is 0 Å². The lowest BCUT2D eigenvalue weighted by molar-refractivity contribution is -0.131. The fourth-order valence-corrected chi connectivity index (χ4v) is 3.49. The zero-order chi connectivity index (χ0) is 13.4. The Balaban J connectivity index is 1.76. The Bertz CT molecular complexity index is 459. The number of benzene rings is 1. The maximum absolute atomic E-state index is 12.6. The van der Waals surface area contributed by atoms with Crippen LogP contribution in [0.3, 0.4) is 0 Å². The summed E-state index contributed by atoms with van der Waals surface area (Å²) in [7, 11) is 0. The van der Waals surface area contributed by atoms with Gasteiger partial charge in [-0.1, -0.05) is 44.2 Å². The highest BCUT2D eigenvalue weighted by Crippen LogP contribution is 2.36. The van der Waals surface area contributed by atoms with Crippen LogP contribution in [0.1, 0.15) is 38.3 Å². The molecular weight excluding hydrogens is 236 g/mol. The molecule has 3 nitrogen and oxygen atoms in total. The van der Waals surface area contributed by atoms with Gasteiger partial charge in [0.1, 0.15) is 6.04 Å². The van der Waals surface area contributed by atoms with E-state index in [0.29, 0.717) is 18.6 Å². The molecule has 19 heavy (non-hydrogen) atoms.